The molecule has 0 N–H and O–H groups in total. The van der Waals surface area contributed by atoms with Crippen LogP contribution in [0.4, 0.5) is 4.79 Å². The third-order valence-electron chi connectivity index (χ3n) is 5.59. The second-order valence-electron chi connectivity index (χ2n) is 9.13. The van der Waals surface area contributed by atoms with Gasteiger partial charge in [-0.05, 0) is 57.9 Å². The number of amides is 2. The van der Waals surface area contributed by atoms with Crippen molar-refractivity contribution in [3.8, 4) is 6.07 Å². The van der Waals surface area contributed by atoms with Crippen molar-refractivity contribution >= 4 is 22.0 Å². The lowest BCUT2D eigenvalue weighted by Crippen LogP contribution is -2.54. The molecule has 2 heterocycles. The average molecular weight is 463 g/mol. The minimum Gasteiger partial charge on any atom is -0.444 e. The molecule has 174 valence electrons. The van der Waals surface area contributed by atoms with E-state index in [9.17, 15) is 18.0 Å². The van der Waals surface area contributed by atoms with Gasteiger partial charge in [0.05, 0.1) is 22.4 Å². The van der Waals surface area contributed by atoms with Crippen LogP contribution in [0.15, 0.2) is 29.2 Å². The summed E-state index contributed by atoms with van der Waals surface area (Å²) in [5, 5.41) is 8.89. The number of carbonyl (C=O) groups excluding carboxylic acids is 2. The predicted molar refractivity (Wildman–Crippen MR) is 117 cm³/mol. The largest absolute Gasteiger partial charge is 0.444 e. The molecule has 2 aliphatic heterocycles. The monoisotopic (exact) mass is 462 g/mol. The second kappa shape index (κ2) is 9.46. The fraction of sp³-hybridized carbons (Fsp3) is 0.591. The first-order chi connectivity index (χ1) is 15.0. The Kier molecular flexibility index (Phi) is 7.10. The van der Waals surface area contributed by atoms with Crippen molar-refractivity contribution in [2.45, 2.75) is 44.1 Å². The normalized spacial score (nSPS) is 20.5. The van der Waals surface area contributed by atoms with Crippen LogP contribution in [-0.4, -0.2) is 79.4 Å². The number of benzene rings is 1. The summed E-state index contributed by atoms with van der Waals surface area (Å²) >= 11 is 0. The van der Waals surface area contributed by atoms with Gasteiger partial charge in [0, 0.05) is 39.3 Å². The molecule has 9 nitrogen and oxygen atoms in total. The Morgan fingerprint density at radius 1 is 1.03 bits per heavy atom. The molecule has 2 aliphatic rings. The third kappa shape index (κ3) is 5.58. The van der Waals surface area contributed by atoms with Crippen molar-refractivity contribution < 1.29 is 22.7 Å². The first kappa shape index (κ1) is 24.0. The smallest absolute Gasteiger partial charge is 0.410 e. The van der Waals surface area contributed by atoms with Crippen LogP contribution >= 0.6 is 0 Å². The molecular weight excluding hydrogens is 432 g/mol. The van der Waals surface area contributed by atoms with Gasteiger partial charge in [0.1, 0.15) is 5.60 Å². The molecule has 0 unspecified atom stereocenters. The van der Waals surface area contributed by atoms with Crippen LogP contribution < -0.4 is 0 Å². The Morgan fingerprint density at radius 2 is 1.66 bits per heavy atom. The Hall–Kier alpha value is -2.64. The summed E-state index contributed by atoms with van der Waals surface area (Å²) in [6, 6.07) is 7.79. The van der Waals surface area contributed by atoms with Gasteiger partial charge in [-0.2, -0.15) is 9.57 Å². The molecule has 2 amide bonds. The molecule has 32 heavy (non-hydrogen) atoms. The van der Waals surface area contributed by atoms with E-state index < -0.39 is 21.7 Å². The number of rotatable bonds is 3. The maximum atomic E-state index is 13.1. The van der Waals surface area contributed by atoms with Crippen molar-refractivity contribution in [1.29, 1.82) is 5.26 Å². The van der Waals surface area contributed by atoms with Gasteiger partial charge in [0.15, 0.2) is 0 Å². The Bertz CT molecular complexity index is 987. The lowest BCUT2D eigenvalue weighted by Gasteiger charge is -2.38. The summed E-state index contributed by atoms with van der Waals surface area (Å²) in [6.07, 6.45) is 1.01. The van der Waals surface area contributed by atoms with E-state index in [0.717, 1.165) is 6.42 Å². The van der Waals surface area contributed by atoms with Gasteiger partial charge < -0.3 is 14.5 Å². The maximum absolute atomic E-state index is 13.1. The van der Waals surface area contributed by atoms with E-state index in [4.69, 9.17) is 10.00 Å². The summed E-state index contributed by atoms with van der Waals surface area (Å²) in [7, 11) is -3.68. The predicted octanol–water partition coefficient (Wildman–Crippen LogP) is 2.04. The first-order valence-corrected chi connectivity index (χ1v) is 12.2. The van der Waals surface area contributed by atoms with E-state index in [2.05, 4.69) is 0 Å². The zero-order chi connectivity index (χ0) is 23.5. The summed E-state index contributed by atoms with van der Waals surface area (Å²) in [4.78, 5) is 28.8. The summed E-state index contributed by atoms with van der Waals surface area (Å²) in [5.41, 5.74) is -0.197. The molecule has 1 atom stereocenters. The highest BCUT2D eigenvalue weighted by molar-refractivity contribution is 7.89. The number of hydrogen-bond acceptors (Lipinski definition) is 6. The van der Waals surface area contributed by atoms with E-state index in [-0.39, 0.29) is 29.8 Å². The lowest BCUT2D eigenvalue weighted by atomic mass is 9.96. The van der Waals surface area contributed by atoms with Gasteiger partial charge in [0.25, 0.3) is 0 Å². The van der Waals surface area contributed by atoms with Gasteiger partial charge in [-0.25, -0.2) is 13.2 Å². The minimum atomic E-state index is -3.68. The second-order valence-corrected chi connectivity index (χ2v) is 11.1. The zero-order valence-corrected chi connectivity index (χ0v) is 19.6. The fourth-order valence-corrected chi connectivity index (χ4v) is 5.35. The van der Waals surface area contributed by atoms with Crippen molar-refractivity contribution in [2.24, 2.45) is 5.92 Å². The van der Waals surface area contributed by atoms with Gasteiger partial charge in [-0.15, -0.1) is 0 Å². The standard InChI is InChI=1S/C22H30N4O5S/c1-22(2,3)31-21(28)25-10-4-5-18(16-25)20(27)24-11-13-26(14-12-24)32(29,30)19-8-6-17(15-23)7-9-19/h6-9,18H,4-5,10-14,16H2,1-3H3/t18-/m1/s1. The molecule has 0 aliphatic carbocycles. The number of nitrogens with zero attached hydrogens (tertiary/aromatic N) is 4. The SMILES string of the molecule is CC(C)(C)OC(=O)N1CCC[C@@H](C(=O)N2CCN(S(=O)(=O)c3ccc(C#N)cc3)CC2)C1. The molecule has 1 aromatic carbocycles. The number of hydrogen-bond donors (Lipinski definition) is 0. The van der Waals surface area contributed by atoms with Crippen LogP contribution in [-0.2, 0) is 19.6 Å². The highest BCUT2D eigenvalue weighted by Crippen LogP contribution is 2.23. The zero-order valence-electron chi connectivity index (χ0n) is 18.8. The van der Waals surface area contributed by atoms with E-state index in [1.54, 1.807) is 9.80 Å². The molecule has 0 spiro atoms. The maximum Gasteiger partial charge on any atom is 0.410 e. The van der Waals surface area contributed by atoms with Crippen LogP contribution in [0, 0.1) is 17.2 Å². The Labute approximate surface area is 189 Å². The topological polar surface area (TPSA) is 111 Å². The molecule has 0 aromatic heterocycles. The molecule has 1 aromatic rings. The quantitative estimate of drug-likeness (QED) is 0.680. The molecule has 2 fully saturated rings. The number of nitriles is 1. The Balaban J connectivity index is 1.58. The van der Waals surface area contributed by atoms with Gasteiger partial charge in [-0.3, -0.25) is 4.79 Å². The summed E-state index contributed by atoms with van der Waals surface area (Å²) in [6.45, 7) is 7.32. The molecule has 0 bridgehead atoms. The van der Waals surface area contributed by atoms with Crippen LogP contribution in [0.25, 0.3) is 0 Å². The van der Waals surface area contributed by atoms with Crippen LogP contribution in [0.1, 0.15) is 39.2 Å². The van der Waals surface area contributed by atoms with E-state index >= 15 is 0 Å². The van der Waals surface area contributed by atoms with Crippen molar-refractivity contribution in [3.63, 3.8) is 0 Å². The minimum absolute atomic E-state index is 0.0475. The van der Waals surface area contributed by atoms with Crippen molar-refractivity contribution in [1.82, 2.24) is 14.1 Å². The van der Waals surface area contributed by atoms with Gasteiger partial charge in [-0.1, -0.05) is 0 Å². The number of sulfonamides is 1. The van der Waals surface area contributed by atoms with Crippen LogP contribution in [0.2, 0.25) is 0 Å². The summed E-state index contributed by atoms with van der Waals surface area (Å²) in [5.74, 6) is -0.355. The van der Waals surface area contributed by atoms with E-state index in [1.807, 2.05) is 26.8 Å². The van der Waals surface area contributed by atoms with Crippen LogP contribution in [0.5, 0.6) is 0 Å². The molecular formula is C22H30N4O5S. The highest BCUT2D eigenvalue weighted by atomic mass is 32.2. The van der Waals surface area contributed by atoms with Gasteiger partial charge >= 0.3 is 6.09 Å². The van der Waals surface area contributed by atoms with Crippen molar-refractivity contribution in [2.75, 3.05) is 39.3 Å². The summed E-state index contributed by atoms with van der Waals surface area (Å²) < 4.78 is 32.6. The fourth-order valence-electron chi connectivity index (χ4n) is 3.93. The van der Waals surface area contributed by atoms with Crippen molar-refractivity contribution in [3.05, 3.63) is 29.8 Å². The number of piperidine rings is 1. The molecule has 3 rings (SSSR count). The highest BCUT2D eigenvalue weighted by Gasteiger charge is 2.36. The number of ether oxygens (including phenoxy) is 1. The first-order valence-electron chi connectivity index (χ1n) is 10.8. The molecule has 10 heteroatoms. The Morgan fingerprint density at radius 3 is 2.22 bits per heavy atom. The average Bonchev–Trinajstić information content (AvgIpc) is 2.77. The lowest BCUT2D eigenvalue weighted by molar-refractivity contribution is -0.138. The van der Waals surface area contributed by atoms with Crippen LogP contribution in [0.3, 0.4) is 0 Å². The number of piperazine rings is 1. The molecule has 0 saturated carbocycles. The van der Waals surface area contributed by atoms with E-state index in [1.165, 1.54) is 28.6 Å². The van der Waals surface area contributed by atoms with E-state index in [0.29, 0.717) is 38.2 Å². The molecule has 2 saturated heterocycles. The third-order valence-corrected chi connectivity index (χ3v) is 7.51. The number of likely N-dealkylation sites (tertiary alicyclic amines) is 1. The number of carbonyl (C=O) groups is 2. The molecule has 0 radical (unpaired) electrons. The van der Waals surface area contributed by atoms with Gasteiger partial charge in [0.2, 0.25) is 15.9 Å².